The molecule has 1 N–H and O–H groups in total. The molecule has 0 bridgehead atoms. The zero-order chi connectivity index (χ0) is 15.2. The summed E-state index contributed by atoms with van der Waals surface area (Å²) in [5.74, 6) is 1.05. The average Bonchev–Trinajstić information content (AvgIpc) is 2.44. The first-order valence-corrected chi connectivity index (χ1v) is 7.44. The Hall–Kier alpha value is -1.36. The van der Waals surface area contributed by atoms with E-state index in [1.807, 2.05) is 0 Å². The highest BCUT2D eigenvalue weighted by molar-refractivity contribution is 6.34. The van der Waals surface area contributed by atoms with Crippen molar-refractivity contribution >= 4 is 23.2 Å². The van der Waals surface area contributed by atoms with Crippen molar-refractivity contribution in [1.82, 2.24) is 15.3 Å². The summed E-state index contributed by atoms with van der Waals surface area (Å²) >= 11 is 11.9. The van der Waals surface area contributed by atoms with Gasteiger partial charge in [0, 0.05) is 35.6 Å². The van der Waals surface area contributed by atoms with Crippen molar-refractivity contribution in [3.05, 3.63) is 46.2 Å². The molecule has 0 fully saturated rings. The predicted molar refractivity (Wildman–Crippen MR) is 85.1 cm³/mol. The quantitative estimate of drug-likeness (QED) is 0.859. The number of benzene rings is 1. The first-order valence-electron chi connectivity index (χ1n) is 6.69. The van der Waals surface area contributed by atoms with Crippen molar-refractivity contribution < 1.29 is 4.74 Å². The van der Waals surface area contributed by atoms with E-state index in [0.717, 1.165) is 18.7 Å². The Morgan fingerprint density at radius 1 is 1.19 bits per heavy atom. The van der Waals surface area contributed by atoms with Gasteiger partial charge in [0.25, 0.3) is 0 Å². The third-order valence-electron chi connectivity index (χ3n) is 2.66. The fourth-order valence-electron chi connectivity index (χ4n) is 1.65. The first-order chi connectivity index (χ1) is 10.0. The van der Waals surface area contributed by atoms with Crippen molar-refractivity contribution in [2.45, 2.75) is 20.4 Å². The van der Waals surface area contributed by atoms with Gasteiger partial charge < -0.3 is 10.1 Å². The van der Waals surface area contributed by atoms with E-state index in [2.05, 4.69) is 29.1 Å². The highest BCUT2D eigenvalue weighted by atomic mass is 35.5. The van der Waals surface area contributed by atoms with Crippen molar-refractivity contribution in [2.24, 2.45) is 5.92 Å². The molecule has 0 saturated carbocycles. The number of hydrogen-bond donors (Lipinski definition) is 1. The minimum atomic E-state index is 0.242. The molecule has 0 saturated heterocycles. The largest absolute Gasteiger partial charge is 0.423 e. The van der Waals surface area contributed by atoms with Gasteiger partial charge in [-0.15, -0.1) is 0 Å². The molecular formula is C15H17Cl2N3O. The third-order valence-corrected chi connectivity index (χ3v) is 3.21. The summed E-state index contributed by atoms with van der Waals surface area (Å²) in [4.78, 5) is 8.33. The zero-order valence-electron chi connectivity index (χ0n) is 11.9. The van der Waals surface area contributed by atoms with Crippen LogP contribution in [-0.4, -0.2) is 16.5 Å². The van der Waals surface area contributed by atoms with Gasteiger partial charge in [0.05, 0.1) is 5.02 Å². The van der Waals surface area contributed by atoms with Gasteiger partial charge in [-0.05, 0) is 24.6 Å². The topological polar surface area (TPSA) is 47.0 Å². The fraction of sp³-hybridized carbons (Fsp3) is 0.333. The van der Waals surface area contributed by atoms with Gasteiger partial charge in [-0.3, -0.25) is 0 Å². The molecule has 2 rings (SSSR count). The van der Waals surface area contributed by atoms with E-state index in [0.29, 0.717) is 21.7 Å². The number of halogens is 2. The van der Waals surface area contributed by atoms with E-state index >= 15 is 0 Å². The normalized spacial score (nSPS) is 10.9. The van der Waals surface area contributed by atoms with E-state index in [-0.39, 0.29) is 6.01 Å². The summed E-state index contributed by atoms with van der Waals surface area (Å²) in [6, 6.07) is 5.24. The maximum atomic E-state index is 6.03. The molecule has 0 aliphatic carbocycles. The molecule has 0 radical (unpaired) electrons. The van der Waals surface area contributed by atoms with E-state index in [1.54, 1.807) is 30.6 Å². The van der Waals surface area contributed by atoms with Crippen LogP contribution in [0.3, 0.4) is 0 Å². The Morgan fingerprint density at radius 2 is 1.90 bits per heavy atom. The van der Waals surface area contributed by atoms with Gasteiger partial charge >= 0.3 is 6.01 Å². The summed E-state index contributed by atoms with van der Waals surface area (Å²) < 4.78 is 5.53. The molecule has 0 unspecified atom stereocenters. The van der Waals surface area contributed by atoms with E-state index in [4.69, 9.17) is 27.9 Å². The standard InChI is InChI=1S/C15H17Cl2N3O/c1-10(2)6-18-7-11-8-19-15(20-9-11)21-14-5-12(16)3-4-13(14)17/h3-5,8-10,18H,6-7H2,1-2H3. The van der Waals surface area contributed by atoms with Gasteiger partial charge in [-0.1, -0.05) is 37.0 Å². The Labute approximate surface area is 134 Å². The summed E-state index contributed by atoms with van der Waals surface area (Å²) in [5, 5.41) is 4.34. The summed E-state index contributed by atoms with van der Waals surface area (Å²) in [7, 11) is 0. The molecule has 112 valence electrons. The molecule has 0 aliphatic rings. The summed E-state index contributed by atoms with van der Waals surface area (Å²) in [6.45, 7) is 6.01. The molecular weight excluding hydrogens is 309 g/mol. The maximum Gasteiger partial charge on any atom is 0.321 e. The Bertz CT molecular complexity index is 588. The van der Waals surface area contributed by atoms with Crippen LogP contribution in [0.1, 0.15) is 19.4 Å². The predicted octanol–water partition coefficient (Wildman–Crippen LogP) is 4.32. The van der Waals surface area contributed by atoms with Gasteiger partial charge in [-0.2, -0.15) is 0 Å². The summed E-state index contributed by atoms with van der Waals surface area (Å²) in [5.41, 5.74) is 1.00. The highest BCUT2D eigenvalue weighted by Gasteiger charge is 2.06. The van der Waals surface area contributed by atoms with Gasteiger partial charge in [0.1, 0.15) is 0 Å². The van der Waals surface area contributed by atoms with Crippen LogP contribution in [0.25, 0.3) is 0 Å². The van der Waals surface area contributed by atoms with Crippen LogP contribution in [0, 0.1) is 5.92 Å². The van der Waals surface area contributed by atoms with Crippen LogP contribution < -0.4 is 10.1 Å². The molecule has 4 nitrogen and oxygen atoms in total. The molecule has 0 spiro atoms. The van der Waals surface area contributed by atoms with Crippen molar-refractivity contribution in [2.75, 3.05) is 6.54 Å². The molecule has 0 amide bonds. The molecule has 1 aromatic carbocycles. The molecule has 6 heteroatoms. The minimum absolute atomic E-state index is 0.242. The second kappa shape index (κ2) is 7.59. The zero-order valence-corrected chi connectivity index (χ0v) is 13.4. The summed E-state index contributed by atoms with van der Waals surface area (Å²) in [6.07, 6.45) is 3.46. The Kier molecular flexibility index (Phi) is 5.79. The number of rotatable bonds is 6. The molecule has 0 atom stereocenters. The SMILES string of the molecule is CC(C)CNCc1cnc(Oc2cc(Cl)ccc2Cl)nc1. The number of nitrogens with zero attached hydrogens (tertiary/aromatic N) is 2. The lowest BCUT2D eigenvalue weighted by molar-refractivity contribution is 0.440. The number of hydrogen-bond acceptors (Lipinski definition) is 4. The van der Waals surface area contributed by atoms with Gasteiger partial charge in [0.15, 0.2) is 5.75 Å². The maximum absolute atomic E-state index is 6.03. The van der Waals surface area contributed by atoms with E-state index in [1.165, 1.54) is 0 Å². The Balaban J connectivity index is 1.97. The monoisotopic (exact) mass is 325 g/mol. The van der Waals surface area contributed by atoms with E-state index < -0.39 is 0 Å². The molecule has 2 aromatic rings. The smallest absolute Gasteiger partial charge is 0.321 e. The van der Waals surface area contributed by atoms with Crippen molar-refractivity contribution in [1.29, 1.82) is 0 Å². The van der Waals surface area contributed by atoms with Gasteiger partial charge in [0.2, 0.25) is 0 Å². The van der Waals surface area contributed by atoms with E-state index in [9.17, 15) is 0 Å². The third kappa shape index (κ3) is 5.16. The minimum Gasteiger partial charge on any atom is -0.423 e. The van der Waals surface area contributed by atoms with Crippen LogP contribution in [0.2, 0.25) is 10.0 Å². The van der Waals surface area contributed by atoms with Crippen LogP contribution in [0.5, 0.6) is 11.8 Å². The first kappa shape index (κ1) is 16.0. The van der Waals surface area contributed by atoms with Crippen molar-refractivity contribution in [3.8, 4) is 11.8 Å². The number of ether oxygens (including phenoxy) is 1. The van der Waals surface area contributed by atoms with Crippen LogP contribution in [0.15, 0.2) is 30.6 Å². The van der Waals surface area contributed by atoms with Crippen LogP contribution in [0.4, 0.5) is 0 Å². The second-order valence-electron chi connectivity index (χ2n) is 5.08. The molecule has 0 aliphatic heterocycles. The average molecular weight is 326 g/mol. The molecule has 21 heavy (non-hydrogen) atoms. The van der Waals surface area contributed by atoms with Crippen LogP contribution >= 0.6 is 23.2 Å². The second-order valence-corrected chi connectivity index (χ2v) is 5.92. The number of nitrogens with one attached hydrogen (secondary N) is 1. The lowest BCUT2D eigenvalue weighted by Crippen LogP contribution is -2.19. The lowest BCUT2D eigenvalue weighted by atomic mass is 10.2. The fourth-order valence-corrected chi connectivity index (χ4v) is 1.96. The highest BCUT2D eigenvalue weighted by Crippen LogP contribution is 2.30. The Morgan fingerprint density at radius 3 is 2.57 bits per heavy atom. The molecule has 1 heterocycles. The van der Waals surface area contributed by atoms with Crippen molar-refractivity contribution in [3.63, 3.8) is 0 Å². The van der Waals surface area contributed by atoms with Crippen LogP contribution in [-0.2, 0) is 6.54 Å². The van der Waals surface area contributed by atoms with Gasteiger partial charge in [-0.25, -0.2) is 9.97 Å². The molecule has 1 aromatic heterocycles. The number of aromatic nitrogens is 2. The lowest BCUT2D eigenvalue weighted by Gasteiger charge is -2.08.